The highest BCUT2D eigenvalue weighted by Crippen LogP contribution is 2.16. The fraction of sp³-hybridized carbons (Fsp3) is 0.118. The Bertz CT molecular complexity index is 797. The van der Waals surface area contributed by atoms with Crippen molar-refractivity contribution in [3.63, 3.8) is 0 Å². The molecular weight excluding hydrogens is 320 g/mol. The predicted octanol–water partition coefficient (Wildman–Crippen LogP) is 0.199. The summed E-state index contributed by atoms with van der Waals surface area (Å²) < 4.78 is 0. The molecule has 0 unspecified atom stereocenters. The molecule has 0 aliphatic rings. The number of benzene rings is 2. The Kier molecular flexibility index (Phi) is 5.70. The summed E-state index contributed by atoms with van der Waals surface area (Å²) in [6.45, 7) is 0. The van der Waals surface area contributed by atoms with Crippen LogP contribution in [0.2, 0.25) is 0 Å². The van der Waals surface area contributed by atoms with Gasteiger partial charge >= 0.3 is 0 Å². The molecule has 0 aromatic heterocycles. The first-order chi connectivity index (χ1) is 11.9. The number of amides is 2. The highest BCUT2D eigenvalue weighted by atomic mass is 16.2. The first kappa shape index (κ1) is 18.0. The van der Waals surface area contributed by atoms with E-state index in [9.17, 15) is 9.59 Å². The van der Waals surface area contributed by atoms with E-state index in [-0.39, 0.29) is 11.5 Å². The van der Waals surface area contributed by atoms with Crippen molar-refractivity contribution in [3.05, 3.63) is 59.7 Å². The minimum Gasteiger partial charge on any atom is -0.370 e. The maximum atomic E-state index is 12.3. The Labute approximate surface area is 144 Å². The maximum Gasteiger partial charge on any atom is 0.250 e. The van der Waals surface area contributed by atoms with Gasteiger partial charge in [-0.15, -0.1) is 0 Å². The molecule has 8 heteroatoms. The molecule has 2 aromatic rings. The highest BCUT2D eigenvalue weighted by Gasteiger charge is 2.17. The lowest BCUT2D eigenvalue weighted by atomic mass is 10.1. The fourth-order valence-corrected chi connectivity index (χ4v) is 2.23. The summed E-state index contributed by atoms with van der Waals surface area (Å²) in [7, 11) is 0. The van der Waals surface area contributed by atoms with Crippen LogP contribution in [0, 0.1) is 0 Å². The van der Waals surface area contributed by atoms with E-state index in [1.54, 1.807) is 42.5 Å². The molecule has 0 aliphatic heterocycles. The van der Waals surface area contributed by atoms with Crippen LogP contribution < -0.4 is 28.3 Å². The summed E-state index contributed by atoms with van der Waals surface area (Å²) in [6.07, 6.45) is 0.312. The number of anilines is 1. The molecular formula is C17H20N6O2. The summed E-state index contributed by atoms with van der Waals surface area (Å²) in [5.41, 5.74) is 23.9. The standard InChI is InChI=1S/C17H20N6O2/c18-13(9-10-5-7-11(8-6-10)22-17(20)21)16(25)23-14-4-2-1-3-12(14)15(19)24/h1-8,13H,9,18H2,(H2,19,24)(H,23,25)(H4,20,21,22)/t13-/m0/s1. The van der Waals surface area contributed by atoms with Crippen molar-refractivity contribution in [2.45, 2.75) is 12.5 Å². The zero-order chi connectivity index (χ0) is 18.4. The number of para-hydroxylation sites is 1. The van der Waals surface area contributed by atoms with E-state index in [4.69, 9.17) is 22.9 Å². The number of nitrogens with zero attached hydrogens (tertiary/aromatic N) is 1. The van der Waals surface area contributed by atoms with E-state index >= 15 is 0 Å². The Hall–Kier alpha value is -3.39. The Balaban J connectivity index is 2.03. The third-order valence-corrected chi connectivity index (χ3v) is 3.44. The molecule has 130 valence electrons. The van der Waals surface area contributed by atoms with Crippen LogP contribution in [0.3, 0.4) is 0 Å². The number of nitrogens with one attached hydrogen (secondary N) is 1. The predicted molar refractivity (Wildman–Crippen MR) is 97.2 cm³/mol. The van der Waals surface area contributed by atoms with Crippen LogP contribution in [0.15, 0.2) is 53.5 Å². The molecule has 0 radical (unpaired) electrons. The molecule has 8 nitrogen and oxygen atoms in total. The first-order valence-electron chi connectivity index (χ1n) is 7.50. The molecule has 2 rings (SSSR count). The molecule has 0 bridgehead atoms. The summed E-state index contributed by atoms with van der Waals surface area (Å²) in [5.74, 6) is -1.07. The Morgan fingerprint density at radius 3 is 2.24 bits per heavy atom. The molecule has 0 saturated heterocycles. The zero-order valence-electron chi connectivity index (χ0n) is 13.5. The Morgan fingerprint density at radius 1 is 1.00 bits per heavy atom. The molecule has 0 saturated carbocycles. The number of carbonyl (C=O) groups is 2. The van der Waals surface area contributed by atoms with Gasteiger partial charge in [0.2, 0.25) is 5.91 Å². The van der Waals surface area contributed by atoms with Gasteiger partial charge in [0.1, 0.15) is 0 Å². The van der Waals surface area contributed by atoms with Crippen LogP contribution in [-0.2, 0) is 11.2 Å². The number of aliphatic imine (C=N–C) groups is 1. The van der Waals surface area contributed by atoms with Gasteiger partial charge in [-0.2, -0.15) is 0 Å². The van der Waals surface area contributed by atoms with Crippen molar-refractivity contribution in [2.75, 3.05) is 5.32 Å². The quantitative estimate of drug-likeness (QED) is 0.374. The van der Waals surface area contributed by atoms with Gasteiger partial charge in [0, 0.05) is 0 Å². The summed E-state index contributed by atoms with van der Waals surface area (Å²) in [4.78, 5) is 27.6. The van der Waals surface area contributed by atoms with E-state index in [1.807, 2.05) is 0 Å². The van der Waals surface area contributed by atoms with Crippen molar-refractivity contribution < 1.29 is 9.59 Å². The fourth-order valence-electron chi connectivity index (χ4n) is 2.23. The SMILES string of the molecule is NC(=O)c1ccccc1NC(=O)[C@@H](N)Cc1ccc(N=C(N)N)cc1. The minimum absolute atomic E-state index is 0.0306. The third-order valence-electron chi connectivity index (χ3n) is 3.44. The zero-order valence-corrected chi connectivity index (χ0v) is 13.5. The van der Waals surface area contributed by atoms with Crippen molar-refractivity contribution in [2.24, 2.45) is 27.9 Å². The normalized spacial score (nSPS) is 11.4. The van der Waals surface area contributed by atoms with Crippen molar-refractivity contribution in [1.82, 2.24) is 0 Å². The van der Waals surface area contributed by atoms with E-state index < -0.39 is 17.9 Å². The number of primary amides is 1. The molecule has 2 aromatic carbocycles. The van der Waals surface area contributed by atoms with Gasteiger partial charge in [-0.25, -0.2) is 4.99 Å². The number of carbonyl (C=O) groups excluding carboxylic acids is 2. The largest absolute Gasteiger partial charge is 0.370 e. The number of guanidine groups is 1. The van der Waals surface area contributed by atoms with Gasteiger partial charge < -0.3 is 28.3 Å². The molecule has 0 fully saturated rings. The van der Waals surface area contributed by atoms with Gasteiger partial charge in [-0.1, -0.05) is 24.3 Å². The van der Waals surface area contributed by atoms with Crippen LogP contribution in [0.1, 0.15) is 15.9 Å². The second-order valence-electron chi connectivity index (χ2n) is 5.41. The summed E-state index contributed by atoms with van der Waals surface area (Å²) in [6, 6.07) is 12.7. The number of hydrogen-bond acceptors (Lipinski definition) is 4. The molecule has 0 heterocycles. The maximum absolute atomic E-state index is 12.3. The first-order valence-corrected chi connectivity index (χ1v) is 7.50. The van der Waals surface area contributed by atoms with Crippen LogP contribution >= 0.6 is 0 Å². The van der Waals surface area contributed by atoms with Crippen molar-refractivity contribution in [3.8, 4) is 0 Å². The lowest BCUT2D eigenvalue weighted by Crippen LogP contribution is -2.37. The van der Waals surface area contributed by atoms with E-state index in [2.05, 4.69) is 10.3 Å². The summed E-state index contributed by atoms with van der Waals surface area (Å²) >= 11 is 0. The van der Waals surface area contributed by atoms with Crippen LogP contribution in [0.25, 0.3) is 0 Å². The van der Waals surface area contributed by atoms with Gasteiger partial charge in [0.25, 0.3) is 5.91 Å². The minimum atomic E-state index is -0.796. The van der Waals surface area contributed by atoms with E-state index in [0.29, 0.717) is 17.8 Å². The molecule has 0 aliphatic carbocycles. The number of hydrogen-bond donors (Lipinski definition) is 5. The van der Waals surface area contributed by atoms with Gasteiger partial charge in [0.15, 0.2) is 5.96 Å². The summed E-state index contributed by atoms with van der Waals surface area (Å²) in [5, 5.41) is 2.63. The van der Waals surface area contributed by atoms with Gasteiger partial charge in [0.05, 0.1) is 23.0 Å². The topological polar surface area (TPSA) is 163 Å². The number of nitrogens with two attached hydrogens (primary N) is 4. The third kappa shape index (κ3) is 5.05. The lowest BCUT2D eigenvalue weighted by molar-refractivity contribution is -0.117. The smallest absolute Gasteiger partial charge is 0.250 e. The lowest BCUT2D eigenvalue weighted by Gasteiger charge is -2.14. The van der Waals surface area contributed by atoms with E-state index in [1.165, 1.54) is 6.07 Å². The highest BCUT2D eigenvalue weighted by molar-refractivity contribution is 6.04. The molecule has 2 amide bonds. The second-order valence-corrected chi connectivity index (χ2v) is 5.41. The molecule has 1 atom stereocenters. The van der Waals surface area contributed by atoms with Crippen molar-refractivity contribution >= 4 is 29.1 Å². The van der Waals surface area contributed by atoms with Crippen LogP contribution in [0.4, 0.5) is 11.4 Å². The second kappa shape index (κ2) is 7.93. The van der Waals surface area contributed by atoms with Crippen LogP contribution in [0.5, 0.6) is 0 Å². The monoisotopic (exact) mass is 340 g/mol. The van der Waals surface area contributed by atoms with Crippen molar-refractivity contribution in [1.29, 1.82) is 0 Å². The van der Waals surface area contributed by atoms with Gasteiger partial charge in [-0.05, 0) is 36.2 Å². The van der Waals surface area contributed by atoms with Gasteiger partial charge in [-0.3, -0.25) is 9.59 Å². The average molecular weight is 340 g/mol. The van der Waals surface area contributed by atoms with Crippen LogP contribution in [-0.4, -0.2) is 23.8 Å². The molecule has 0 spiro atoms. The average Bonchev–Trinajstić information content (AvgIpc) is 2.56. The van der Waals surface area contributed by atoms with E-state index in [0.717, 1.165) is 5.56 Å². The number of rotatable bonds is 6. The molecule has 25 heavy (non-hydrogen) atoms. The molecule has 9 N–H and O–H groups in total. The Morgan fingerprint density at radius 2 is 1.64 bits per heavy atom.